The molecule has 0 N–H and O–H groups in total. The fourth-order valence-corrected chi connectivity index (χ4v) is 3.30. The molecular formula is C21H28O2. The topological polar surface area (TPSA) is 26.3 Å². The van der Waals surface area contributed by atoms with Gasteiger partial charge < -0.3 is 4.74 Å². The molecule has 0 aliphatic heterocycles. The van der Waals surface area contributed by atoms with Gasteiger partial charge in [-0.25, -0.2) is 0 Å². The zero-order valence-corrected chi connectivity index (χ0v) is 14.7. The third-order valence-electron chi connectivity index (χ3n) is 4.67. The molecule has 1 aliphatic carbocycles. The molecular weight excluding hydrogens is 284 g/mol. The van der Waals surface area contributed by atoms with Gasteiger partial charge in [0.15, 0.2) is 0 Å². The monoisotopic (exact) mass is 312 g/mol. The standard InChI is InChI=1S/C21H28O2/c1-16-9-8-14-21(3,4)19(16)13-12-17(2)23-20(22)15-18-10-6-5-7-11-18/h5-7,9-13,17,19H,8,14-15H2,1-4H3/b13-12+. The van der Waals surface area contributed by atoms with E-state index >= 15 is 0 Å². The van der Waals surface area contributed by atoms with Crippen LogP contribution in [0, 0.1) is 11.3 Å². The molecule has 0 spiro atoms. The number of ether oxygens (including phenoxy) is 1. The molecule has 0 bridgehead atoms. The zero-order valence-electron chi connectivity index (χ0n) is 14.7. The molecule has 0 saturated heterocycles. The van der Waals surface area contributed by atoms with Crippen LogP contribution in [0.2, 0.25) is 0 Å². The summed E-state index contributed by atoms with van der Waals surface area (Å²) in [7, 11) is 0. The maximum Gasteiger partial charge on any atom is 0.310 e. The summed E-state index contributed by atoms with van der Waals surface area (Å²) in [6, 6.07) is 9.71. The van der Waals surface area contributed by atoms with Crippen LogP contribution >= 0.6 is 0 Å². The highest BCUT2D eigenvalue weighted by Crippen LogP contribution is 2.41. The molecule has 2 rings (SSSR count). The molecule has 2 nitrogen and oxygen atoms in total. The maximum absolute atomic E-state index is 12.0. The Morgan fingerprint density at radius 3 is 2.70 bits per heavy atom. The largest absolute Gasteiger partial charge is 0.458 e. The number of esters is 1. The Hall–Kier alpha value is -1.83. The van der Waals surface area contributed by atoms with Gasteiger partial charge in [0.2, 0.25) is 0 Å². The smallest absolute Gasteiger partial charge is 0.310 e. The molecule has 2 heteroatoms. The van der Waals surface area contributed by atoms with Crippen molar-refractivity contribution in [1.82, 2.24) is 0 Å². The second kappa shape index (κ2) is 7.63. The summed E-state index contributed by atoms with van der Waals surface area (Å²) in [5.74, 6) is 0.245. The van der Waals surface area contributed by atoms with Crippen molar-refractivity contribution in [3.8, 4) is 0 Å². The minimum absolute atomic E-state index is 0.177. The van der Waals surface area contributed by atoms with Gasteiger partial charge in [-0.3, -0.25) is 4.79 Å². The lowest BCUT2D eigenvalue weighted by Gasteiger charge is -2.36. The van der Waals surface area contributed by atoms with Crippen LogP contribution in [0.5, 0.6) is 0 Å². The van der Waals surface area contributed by atoms with Crippen molar-refractivity contribution in [3.63, 3.8) is 0 Å². The maximum atomic E-state index is 12.0. The van der Waals surface area contributed by atoms with Crippen LogP contribution in [0.3, 0.4) is 0 Å². The minimum Gasteiger partial charge on any atom is -0.458 e. The SMILES string of the molecule is CC1=CCCC(C)(C)C1/C=C/C(C)OC(=O)Cc1ccccc1. The van der Waals surface area contributed by atoms with Gasteiger partial charge in [0.25, 0.3) is 0 Å². The van der Waals surface area contributed by atoms with Crippen molar-refractivity contribution in [2.45, 2.75) is 53.1 Å². The van der Waals surface area contributed by atoms with Gasteiger partial charge in [-0.2, -0.15) is 0 Å². The summed E-state index contributed by atoms with van der Waals surface area (Å²) in [6.45, 7) is 8.74. The molecule has 0 amide bonds. The van der Waals surface area contributed by atoms with E-state index in [9.17, 15) is 4.79 Å². The second-order valence-electron chi connectivity index (χ2n) is 7.20. The number of carbonyl (C=O) groups excluding carboxylic acids is 1. The molecule has 1 aliphatic rings. The second-order valence-corrected chi connectivity index (χ2v) is 7.20. The van der Waals surface area contributed by atoms with Gasteiger partial charge in [-0.1, -0.05) is 61.9 Å². The van der Waals surface area contributed by atoms with Gasteiger partial charge >= 0.3 is 5.97 Å². The number of hydrogen-bond donors (Lipinski definition) is 0. The van der Waals surface area contributed by atoms with Crippen molar-refractivity contribution in [1.29, 1.82) is 0 Å². The number of carbonyl (C=O) groups is 1. The van der Waals surface area contributed by atoms with Crippen LogP contribution in [-0.4, -0.2) is 12.1 Å². The predicted octanol–water partition coefficient (Wildman–Crippen LogP) is 5.10. The van der Waals surface area contributed by atoms with Crippen LogP contribution in [0.25, 0.3) is 0 Å². The first-order chi connectivity index (χ1) is 10.9. The molecule has 2 unspecified atom stereocenters. The molecule has 1 aromatic rings. The summed E-state index contributed by atoms with van der Waals surface area (Å²) in [6.07, 6.45) is 9.05. The summed E-state index contributed by atoms with van der Waals surface area (Å²) in [5, 5.41) is 0. The molecule has 0 radical (unpaired) electrons. The highest BCUT2D eigenvalue weighted by Gasteiger charge is 2.30. The molecule has 0 heterocycles. The van der Waals surface area contributed by atoms with Crippen molar-refractivity contribution < 1.29 is 9.53 Å². The molecule has 2 atom stereocenters. The fourth-order valence-electron chi connectivity index (χ4n) is 3.30. The summed E-state index contributed by atoms with van der Waals surface area (Å²) < 4.78 is 5.50. The quantitative estimate of drug-likeness (QED) is 0.558. The first-order valence-electron chi connectivity index (χ1n) is 8.47. The number of allylic oxidation sites excluding steroid dienone is 3. The summed E-state index contributed by atoms with van der Waals surface area (Å²) >= 11 is 0. The van der Waals surface area contributed by atoms with Crippen LogP contribution in [-0.2, 0) is 16.0 Å². The average Bonchev–Trinajstić information content (AvgIpc) is 2.46. The fraction of sp³-hybridized carbons (Fsp3) is 0.476. The van der Waals surface area contributed by atoms with Crippen LogP contribution in [0.4, 0.5) is 0 Å². The lowest BCUT2D eigenvalue weighted by atomic mass is 9.68. The van der Waals surface area contributed by atoms with Crippen LogP contribution in [0.1, 0.15) is 46.1 Å². The highest BCUT2D eigenvalue weighted by molar-refractivity contribution is 5.72. The Labute approximate surface area is 140 Å². The lowest BCUT2D eigenvalue weighted by Crippen LogP contribution is -2.26. The third kappa shape index (κ3) is 5.09. The first-order valence-corrected chi connectivity index (χ1v) is 8.47. The van der Waals surface area contributed by atoms with Gasteiger partial charge in [0.05, 0.1) is 6.42 Å². The molecule has 1 aromatic carbocycles. The first kappa shape index (κ1) is 17.5. The van der Waals surface area contributed by atoms with Gasteiger partial charge in [0, 0.05) is 5.92 Å². The van der Waals surface area contributed by atoms with Crippen LogP contribution < -0.4 is 0 Å². The lowest BCUT2D eigenvalue weighted by molar-refractivity contribution is -0.145. The Morgan fingerprint density at radius 1 is 1.35 bits per heavy atom. The van der Waals surface area contributed by atoms with Crippen molar-refractivity contribution in [2.24, 2.45) is 11.3 Å². The van der Waals surface area contributed by atoms with Gasteiger partial charge in [-0.05, 0) is 43.7 Å². The summed E-state index contributed by atoms with van der Waals surface area (Å²) in [5.41, 5.74) is 2.67. The molecule has 0 aromatic heterocycles. The molecule has 0 fully saturated rings. The van der Waals surface area contributed by atoms with E-state index in [0.717, 1.165) is 12.0 Å². The Bertz CT molecular complexity index is 581. The Balaban J connectivity index is 1.91. The normalized spacial score (nSPS) is 21.7. The van der Waals surface area contributed by atoms with E-state index in [1.54, 1.807) is 0 Å². The van der Waals surface area contributed by atoms with E-state index in [-0.39, 0.29) is 17.5 Å². The minimum atomic E-state index is -0.197. The van der Waals surface area contributed by atoms with Crippen molar-refractivity contribution >= 4 is 5.97 Å². The zero-order chi connectivity index (χ0) is 16.9. The predicted molar refractivity (Wildman–Crippen MR) is 95.1 cm³/mol. The van der Waals surface area contributed by atoms with Crippen molar-refractivity contribution in [3.05, 3.63) is 59.7 Å². The molecule has 124 valence electrons. The third-order valence-corrected chi connectivity index (χ3v) is 4.67. The van der Waals surface area contributed by atoms with Gasteiger partial charge in [0.1, 0.15) is 6.10 Å². The Kier molecular flexibility index (Phi) is 5.81. The van der Waals surface area contributed by atoms with E-state index in [2.05, 4.69) is 32.9 Å². The van der Waals surface area contributed by atoms with E-state index < -0.39 is 0 Å². The van der Waals surface area contributed by atoms with E-state index in [1.165, 1.54) is 12.0 Å². The molecule has 23 heavy (non-hydrogen) atoms. The van der Waals surface area contributed by atoms with E-state index in [4.69, 9.17) is 4.74 Å². The average molecular weight is 312 g/mol. The van der Waals surface area contributed by atoms with Gasteiger partial charge in [-0.15, -0.1) is 0 Å². The molecule has 0 saturated carbocycles. The van der Waals surface area contributed by atoms with E-state index in [1.807, 2.05) is 43.3 Å². The number of benzene rings is 1. The van der Waals surface area contributed by atoms with E-state index in [0.29, 0.717) is 12.3 Å². The van der Waals surface area contributed by atoms with Crippen LogP contribution in [0.15, 0.2) is 54.1 Å². The Morgan fingerprint density at radius 2 is 2.04 bits per heavy atom. The number of hydrogen-bond acceptors (Lipinski definition) is 2. The van der Waals surface area contributed by atoms with Crippen molar-refractivity contribution in [2.75, 3.05) is 0 Å². The number of rotatable bonds is 5. The summed E-state index contributed by atoms with van der Waals surface area (Å²) in [4.78, 5) is 12.0. The highest BCUT2D eigenvalue weighted by atomic mass is 16.5.